The molecule has 0 fully saturated rings. The van der Waals surface area contributed by atoms with E-state index in [2.05, 4.69) is 10.0 Å². The molecule has 2 rings (SSSR count). The predicted octanol–water partition coefficient (Wildman–Crippen LogP) is 2.30. The monoisotopic (exact) mass is 318 g/mol. The van der Waals surface area contributed by atoms with Crippen LogP contribution in [0, 0.1) is 6.92 Å². The molecule has 0 heterocycles. The van der Waals surface area contributed by atoms with Crippen LogP contribution in [0.1, 0.15) is 21.5 Å². The Bertz CT molecular complexity index is 751. The molecule has 0 aromatic heterocycles. The third-order valence-electron chi connectivity index (χ3n) is 3.06. The second-order valence-corrected chi connectivity index (χ2v) is 6.94. The standard InChI is InChI=1S/C16H18N2O3S/c1-12-3-7-14(8-4-12)16(19)18-15-9-5-13(6-10-15)11-17-22(2,20)21/h3-10,17H,11H2,1-2H3,(H,18,19). The van der Waals surface area contributed by atoms with Gasteiger partial charge in [-0.15, -0.1) is 0 Å². The first-order valence-corrected chi connectivity index (χ1v) is 8.64. The van der Waals surface area contributed by atoms with Crippen LogP contribution in [-0.2, 0) is 16.6 Å². The molecule has 0 saturated heterocycles. The van der Waals surface area contributed by atoms with E-state index in [4.69, 9.17) is 0 Å². The Hall–Kier alpha value is -2.18. The summed E-state index contributed by atoms with van der Waals surface area (Å²) in [6.45, 7) is 2.19. The van der Waals surface area contributed by atoms with E-state index in [0.29, 0.717) is 11.3 Å². The number of anilines is 1. The van der Waals surface area contributed by atoms with Gasteiger partial charge in [-0.05, 0) is 36.8 Å². The smallest absolute Gasteiger partial charge is 0.255 e. The van der Waals surface area contributed by atoms with Gasteiger partial charge in [0.2, 0.25) is 10.0 Å². The van der Waals surface area contributed by atoms with Crippen LogP contribution in [-0.4, -0.2) is 20.6 Å². The molecular weight excluding hydrogens is 300 g/mol. The summed E-state index contributed by atoms with van der Waals surface area (Å²) in [5.41, 5.74) is 3.17. The number of sulfonamides is 1. The zero-order valence-electron chi connectivity index (χ0n) is 12.5. The average Bonchev–Trinajstić information content (AvgIpc) is 2.46. The van der Waals surface area contributed by atoms with Crippen molar-refractivity contribution >= 4 is 21.6 Å². The maximum Gasteiger partial charge on any atom is 0.255 e. The maximum absolute atomic E-state index is 12.1. The number of nitrogens with one attached hydrogen (secondary N) is 2. The van der Waals surface area contributed by atoms with Crippen LogP contribution in [0.2, 0.25) is 0 Å². The molecule has 0 saturated carbocycles. The van der Waals surface area contributed by atoms with Gasteiger partial charge < -0.3 is 5.32 Å². The molecule has 116 valence electrons. The average molecular weight is 318 g/mol. The first kappa shape index (κ1) is 16.2. The van der Waals surface area contributed by atoms with Gasteiger partial charge in [-0.3, -0.25) is 4.79 Å². The minimum Gasteiger partial charge on any atom is -0.322 e. The molecule has 22 heavy (non-hydrogen) atoms. The van der Waals surface area contributed by atoms with Gasteiger partial charge in [-0.1, -0.05) is 29.8 Å². The van der Waals surface area contributed by atoms with E-state index in [0.717, 1.165) is 17.4 Å². The van der Waals surface area contributed by atoms with E-state index in [9.17, 15) is 13.2 Å². The molecule has 0 aliphatic rings. The number of amides is 1. The Labute approximate surface area is 130 Å². The molecular formula is C16H18N2O3S. The van der Waals surface area contributed by atoms with Crippen molar-refractivity contribution in [3.05, 3.63) is 65.2 Å². The molecule has 0 spiro atoms. The summed E-state index contributed by atoms with van der Waals surface area (Å²) in [7, 11) is -3.21. The van der Waals surface area contributed by atoms with Gasteiger partial charge in [0.25, 0.3) is 5.91 Å². The lowest BCUT2D eigenvalue weighted by molar-refractivity contribution is 0.102. The second-order valence-electron chi connectivity index (χ2n) is 5.11. The van der Waals surface area contributed by atoms with Gasteiger partial charge in [0.15, 0.2) is 0 Å². The van der Waals surface area contributed by atoms with E-state index in [1.807, 2.05) is 19.1 Å². The van der Waals surface area contributed by atoms with Crippen LogP contribution in [0.4, 0.5) is 5.69 Å². The van der Waals surface area contributed by atoms with Crippen molar-refractivity contribution in [3.8, 4) is 0 Å². The normalized spacial score (nSPS) is 11.2. The van der Waals surface area contributed by atoms with Crippen molar-refractivity contribution in [2.45, 2.75) is 13.5 Å². The van der Waals surface area contributed by atoms with Gasteiger partial charge in [0.1, 0.15) is 0 Å². The lowest BCUT2D eigenvalue weighted by Gasteiger charge is -2.07. The Morgan fingerprint density at radius 1 is 1.00 bits per heavy atom. The summed E-state index contributed by atoms with van der Waals surface area (Å²) in [5.74, 6) is -0.179. The van der Waals surface area contributed by atoms with Crippen LogP contribution >= 0.6 is 0 Å². The molecule has 0 aliphatic heterocycles. The molecule has 2 aromatic rings. The first-order valence-electron chi connectivity index (χ1n) is 6.75. The van der Waals surface area contributed by atoms with E-state index in [-0.39, 0.29) is 12.5 Å². The number of carbonyl (C=O) groups is 1. The number of rotatable bonds is 5. The number of hydrogen-bond donors (Lipinski definition) is 2. The first-order chi connectivity index (χ1) is 10.3. The number of carbonyl (C=O) groups excluding carboxylic acids is 1. The summed E-state index contributed by atoms with van der Waals surface area (Å²) < 4.78 is 24.5. The Balaban J connectivity index is 1.99. The maximum atomic E-state index is 12.1. The molecule has 1 amide bonds. The van der Waals surface area contributed by atoms with Crippen molar-refractivity contribution in [1.29, 1.82) is 0 Å². The van der Waals surface area contributed by atoms with E-state index < -0.39 is 10.0 Å². The topological polar surface area (TPSA) is 75.3 Å². The van der Waals surface area contributed by atoms with E-state index in [1.165, 1.54) is 0 Å². The molecule has 2 N–H and O–H groups in total. The van der Waals surface area contributed by atoms with Gasteiger partial charge in [0, 0.05) is 17.8 Å². The quantitative estimate of drug-likeness (QED) is 0.888. The van der Waals surface area contributed by atoms with Crippen LogP contribution < -0.4 is 10.0 Å². The molecule has 6 heteroatoms. The molecule has 0 radical (unpaired) electrons. The summed E-state index contributed by atoms with van der Waals surface area (Å²) >= 11 is 0. The van der Waals surface area contributed by atoms with Crippen molar-refractivity contribution < 1.29 is 13.2 Å². The predicted molar refractivity (Wildman–Crippen MR) is 87.3 cm³/mol. The van der Waals surface area contributed by atoms with E-state index >= 15 is 0 Å². The molecule has 0 aliphatic carbocycles. The summed E-state index contributed by atoms with van der Waals surface area (Å²) in [6.07, 6.45) is 1.11. The van der Waals surface area contributed by atoms with Gasteiger partial charge >= 0.3 is 0 Å². The molecule has 0 bridgehead atoms. The van der Waals surface area contributed by atoms with Crippen molar-refractivity contribution in [2.24, 2.45) is 0 Å². The van der Waals surface area contributed by atoms with Crippen LogP contribution in [0.3, 0.4) is 0 Å². The van der Waals surface area contributed by atoms with Crippen LogP contribution in [0.5, 0.6) is 0 Å². The SMILES string of the molecule is Cc1ccc(C(=O)Nc2ccc(CNS(C)(=O)=O)cc2)cc1. The molecule has 0 atom stereocenters. The minimum atomic E-state index is -3.21. The summed E-state index contributed by atoms with van der Waals surface area (Å²) in [5, 5.41) is 2.80. The lowest BCUT2D eigenvalue weighted by atomic mass is 10.1. The van der Waals surface area contributed by atoms with Gasteiger partial charge in [0.05, 0.1) is 6.26 Å². The Morgan fingerprint density at radius 2 is 1.59 bits per heavy atom. The fourth-order valence-corrected chi connectivity index (χ4v) is 2.26. The summed E-state index contributed by atoms with van der Waals surface area (Å²) in [6, 6.07) is 14.3. The highest BCUT2D eigenvalue weighted by molar-refractivity contribution is 7.88. The highest BCUT2D eigenvalue weighted by Gasteiger charge is 2.06. The third-order valence-corrected chi connectivity index (χ3v) is 3.73. The molecule has 5 nitrogen and oxygen atoms in total. The third kappa shape index (κ3) is 4.98. The van der Waals surface area contributed by atoms with E-state index in [1.54, 1.807) is 36.4 Å². The molecule has 2 aromatic carbocycles. The van der Waals surface area contributed by atoms with Crippen molar-refractivity contribution in [1.82, 2.24) is 4.72 Å². The van der Waals surface area contributed by atoms with Gasteiger partial charge in [-0.25, -0.2) is 13.1 Å². The zero-order chi connectivity index (χ0) is 16.2. The Morgan fingerprint density at radius 3 is 2.14 bits per heavy atom. The van der Waals surface area contributed by atoms with Crippen molar-refractivity contribution in [2.75, 3.05) is 11.6 Å². The number of hydrogen-bond acceptors (Lipinski definition) is 3. The largest absolute Gasteiger partial charge is 0.322 e. The fourth-order valence-electron chi connectivity index (χ4n) is 1.83. The highest BCUT2D eigenvalue weighted by Crippen LogP contribution is 2.12. The minimum absolute atomic E-state index is 0.179. The highest BCUT2D eigenvalue weighted by atomic mass is 32.2. The number of benzene rings is 2. The summed E-state index contributed by atoms with van der Waals surface area (Å²) in [4.78, 5) is 12.1. The Kier molecular flexibility index (Phi) is 4.95. The van der Waals surface area contributed by atoms with Crippen LogP contribution in [0.25, 0.3) is 0 Å². The van der Waals surface area contributed by atoms with Crippen molar-refractivity contribution in [3.63, 3.8) is 0 Å². The van der Waals surface area contributed by atoms with Gasteiger partial charge in [-0.2, -0.15) is 0 Å². The fraction of sp³-hybridized carbons (Fsp3) is 0.188. The second kappa shape index (κ2) is 6.72. The number of aryl methyl sites for hydroxylation is 1. The zero-order valence-corrected chi connectivity index (χ0v) is 13.3. The van der Waals surface area contributed by atoms with Crippen LogP contribution in [0.15, 0.2) is 48.5 Å². The lowest BCUT2D eigenvalue weighted by Crippen LogP contribution is -2.21. The molecule has 0 unspecified atom stereocenters.